The van der Waals surface area contributed by atoms with Crippen LogP contribution in [0.3, 0.4) is 0 Å². The van der Waals surface area contributed by atoms with E-state index in [-0.39, 0.29) is 24.1 Å². The first-order valence-electron chi connectivity index (χ1n) is 13.5. The highest BCUT2D eigenvalue weighted by molar-refractivity contribution is 7.91. The number of benzene rings is 1. The van der Waals surface area contributed by atoms with E-state index < -0.39 is 22.0 Å². The van der Waals surface area contributed by atoms with Crippen molar-refractivity contribution in [2.45, 2.75) is 33.0 Å². The van der Waals surface area contributed by atoms with Gasteiger partial charge in [-0.2, -0.15) is 18.2 Å². The Kier molecular flexibility index (Phi) is 11.4. The van der Waals surface area contributed by atoms with Gasteiger partial charge in [-0.1, -0.05) is 26.8 Å². The number of aromatic nitrogens is 3. The SMILES string of the molecule is CCS(=O)(=O)CCNc1nccc(N2CCN(C(=S)Nc3cccc4ncccc34)C(C(C)C)C2)n1.O=C(O)C(F)(F)F. The van der Waals surface area contributed by atoms with Crippen molar-refractivity contribution in [2.24, 2.45) is 5.92 Å². The molecule has 1 saturated heterocycles. The second-order valence-electron chi connectivity index (χ2n) is 9.96. The zero-order chi connectivity index (χ0) is 31.8. The average molecular weight is 642 g/mol. The van der Waals surface area contributed by atoms with E-state index in [0.29, 0.717) is 17.0 Å². The van der Waals surface area contributed by atoms with E-state index in [0.717, 1.165) is 42.0 Å². The van der Waals surface area contributed by atoms with Crippen molar-refractivity contribution in [1.29, 1.82) is 0 Å². The van der Waals surface area contributed by atoms with Gasteiger partial charge in [0.05, 0.1) is 17.3 Å². The zero-order valence-electron chi connectivity index (χ0n) is 23.9. The van der Waals surface area contributed by atoms with Crippen LogP contribution in [0.1, 0.15) is 20.8 Å². The van der Waals surface area contributed by atoms with Gasteiger partial charge in [0, 0.05) is 55.4 Å². The van der Waals surface area contributed by atoms with Crippen LogP contribution < -0.4 is 15.5 Å². The van der Waals surface area contributed by atoms with Gasteiger partial charge in [0.15, 0.2) is 14.9 Å². The summed E-state index contributed by atoms with van der Waals surface area (Å²) >= 11 is 5.87. The number of nitrogens with one attached hydrogen (secondary N) is 2. The number of aliphatic carboxylic acids is 1. The van der Waals surface area contributed by atoms with Crippen molar-refractivity contribution < 1.29 is 31.5 Å². The summed E-state index contributed by atoms with van der Waals surface area (Å²) in [6, 6.07) is 12.1. The molecule has 3 aromatic rings. The van der Waals surface area contributed by atoms with Crippen molar-refractivity contribution >= 4 is 61.5 Å². The average Bonchev–Trinajstić information content (AvgIpc) is 2.97. The fourth-order valence-corrected chi connectivity index (χ4v) is 5.35. The number of fused-ring (bicyclic) bond motifs is 1. The molecule has 4 rings (SSSR count). The Bertz CT molecular complexity index is 1520. The Morgan fingerprint density at radius 2 is 1.86 bits per heavy atom. The number of nitrogens with zero attached hydrogens (tertiary/aromatic N) is 5. The van der Waals surface area contributed by atoms with Gasteiger partial charge in [-0.25, -0.2) is 18.2 Å². The lowest BCUT2D eigenvalue weighted by atomic mass is 10.00. The van der Waals surface area contributed by atoms with Crippen molar-refractivity contribution in [3.63, 3.8) is 0 Å². The molecule has 1 aliphatic heterocycles. The summed E-state index contributed by atoms with van der Waals surface area (Å²) in [6.45, 7) is 8.60. The highest BCUT2D eigenvalue weighted by Gasteiger charge is 2.38. The Hall–Kier alpha value is -3.79. The van der Waals surface area contributed by atoms with Crippen molar-refractivity contribution in [1.82, 2.24) is 19.9 Å². The van der Waals surface area contributed by atoms with Gasteiger partial charge in [-0.3, -0.25) is 4.98 Å². The minimum absolute atomic E-state index is 0.0579. The molecule has 0 saturated carbocycles. The molecule has 0 amide bonds. The number of anilines is 3. The van der Waals surface area contributed by atoms with Crippen LogP contribution in [0.5, 0.6) is 0 Å². The van der Waals surface area contributed by atoms with E-state index in [9.17, 15) is 21.6 Å². The summed E-state index contributed by atoms with van der Waals surface area (Å²) in [5.74, 6) is -0.959. The molecule has 1 atom stereocenters. The topological polar surface area (TPSA) is 141 Å². The third-order valence-corrected chi connectivity index (χ3v) is 8.72. The molecule has 2 aromatic heterocycles. The highest BCUT2D eigenvalue weighted by Crippen LogP contribution is 2.25. The molecular weight excluding hydrogens is 607 g/mol. The monoisotopic (exact) mass is 641 g/mol. The molecule has 1 aromatic carbocycles. The predicted octanol–water partition coefficient (Wildman–Crippen LogP) is 4.05. The van der Waals surface area contributed by atoms with Gasteiger partial charge in [0.2, 0.25) is 5.95 Å². The molecule has 3 heterocycles. The Labute approximate surface area is 253 Å². The first kappa shape index (κ1) is 33.7. The molecule has 1 unspecified atom stereocenters. The first-order chi connectivity index (χ1) is 20.2. The standard InChI is InChI=1S/C25H33N7O2S2.C2HF3O2/c1-4-36(33,34)16-13-28-24-27-12-10-23(30-24)31-14-15-32(22(17-31)18(2)3)25(35)29-21-9-5-8-20-19(21)7-6-11-26-20;3-2(4,5)1(6)7/h5-12,18,22H,4,13-17H2,1-3H3,(H,29,35)(H,27,28,30);(H,6,7). The number of carboxylic acid groups (broad SMARTS) is 1. The van der Waals surface area contributed by atoms with Crippen LogP contribution in [-0.2, 0) is 14.6 Å². The molecule has 43 heavy (non-hydrogen) atoms. The predicted molar refractivity (Wildman–Crippen MR) is 164 cm³/mol. The van der Waals surface area contributed by atoms with Crippen molar-refractivity contribution in [2.75, 3.05) is 53.2 Å². The Morgan fingerprint density at radius 3 is 2.51 bits per heavy atom. The lowest BCUT2D eigenvalue weighted by molar-refractivity contribution is -0.192. The van der Waals surface area contributed by atoms with Crippen molar-refractivity contribution in [3.05, 3.63) is 48.8 Å². The van der Waals surface area contributed by atoms with Crippen LogP contribution in [0, 0.1) is 5.92 Å². The number of halogens is 3. The maximum atomic E-state index is 11.8. The second kappa shape index (κ2) is 14.6. The maximum Gasteiger partial charge on any atom is 0.490 e. The number of hydrogen-bond donors (Lipinski definition) is 3. The van der Waals surface area contributed by atoms with Crippen LogP contribution >= 0.6 is 12.2 Å². The van der Waals surface area contributed by atoms with Gasteiger partial charge in [-0.05, 0) is 48.5 Å². The number of pyridine rings is 1. The molecular formula is C27H34F3N7O4S2. The molecule has 0 radical (unpaired) electrons. The third kappa shape index (κ3) is 9.61. The Morgan fingerprint density at radius 1 is 1.14 bits per heavy atom. The molecule has 11 nitrogen and oxygen atoms in total. The van der Waals surface area contributed by atoms with Crippen LogP contribution in [0.4, 0.5) is 30.6 Å². The van der Waals surface area contributed by atoms with E-state index in [1.807, 2.05) is 36.4 Å². The number of rotatable bonds is 8. The summed E-state index contributed by atoms with van der Waals surface area (Å²) in [5, 5.41) is 15.4. The number of piperazine rings is 1. The van der Waals surface area contributed by atoms with E-state index in [1.54, 1.807) is 19.3 Å². The number of thiocarbonyl (C=S) groups is 1. The minimum Gasteiger partial charge on any atom is -0.475 e. The van der Waals surface area contributed by atoms with Crippen LogP contribution in [-0.4, -0.2) is 94.4 Å². The summed E-state index contributed by atoms with van der Waals surface area (Å²) in [4.78, 5) is 26.7. The van der Waals surface area contributed by atoms with Gasteiger partial charge in [0.1, 0.15) is 5.82 Å². The molecule has 0 spiro atoms. The first-order valence-corrected chi connectivity index (χ1v) is 15.7. The minimum atomic E-state index is -5.08. The number of carbonyl (C=O) groups is 1. The maximum absolute atomic E-state index is 11.8. The quantitative estimate of drug-likeness (QED) is 0.306. The number of hydrogen-bond acceptors (Lipinski definition) is 9. The van der Waals surface area contributed by atoms with Gasteiger partial charge >= 0.3 is 12.1 Å². The fraction of sp³-hybridized carbons (Fsp3) is 0.444. The van der Waals surface area contributed by atoms with Crippen LogP contribution in [0.2, 0.25) is 0 Å². The van der Waals surface area contributed by atoms with E-state index in [1.165, 1.54) is 0 Å². The summed E-state index contributed by atoms with van der Waals surface area (Å²) in [7, 11) is -3.04. The highest BCUT2D eigenvalue weighted by atomic mass is 32.2. The fourth-order valence-electron chi connectivity index (χ4n) is 4.31. The van der Waals surface area contributed by atoms with Crippen LogP contribution in [0.25, 0.3) is 10.9 Å². The van der Waals surface area contributed by atoms with E-state index >= 15 is 0 Å². The molecule has 1 fully saturated rings. The zero-order valence-corrected chi connectivity index (χ0v) is 25.5. The molecule has 3 N–H and O–H groups in total. The number of carboxylic acids is 1. The molecule has 0 aliphatic carbocycles. The smallest absolute Gasteiger partial charge is 0.475 e. The molecule has 1 aliphatic rings. The molecule has 16 heteroatoms. The van der Waals surface area contributed by atoms with E-state index in [2.05, 4.69) is 49.2 Å². The number of alkyl halides is 3. The van der Waals surface area contributed by atoms with Gasteiger partial charge in [0.25, 0.3) is 0 Å². The van der Waals surface area contributed by atoms with Gasteiger partial charge in [-0.15, -0.1) is 0 Å². The largest absolute Gasteiger partial charge is 0.490 e. The van der Waals surface area contributed by atoms with E-state index in [4.69, 9.17) is 22.1 Å². The van der Waals surface area contributed by atoms with Crippen LogP contribution in [0.15, 0.2) is 48.8 Å². The molecule has 234 valence electrons. The summed E-state index contributed by atoms with van der Waals surface area (Å²) < 4.78 is 55.2. The summed E-state index contributed by atoms with van der Waals surface area (Å²) in [6.07, 6.45) is -1.59. The van der Waals surface area contributed by atoms with Gasteiger partial charge < -0.3 is 25.5 Å². The lowest BCUT2D eigenvalue weighted by Crippen LogP contribution is -2.58. The lowest BCUT2D eigenvalue weighted by Gasteiger charge is -2.45. The summed E-state index contributed by atoms with van der Waals surface area (Å²) in [5.41, 5.74) is 1.88. The third-order valence-electron chi connectivity index (χ3n) is 6.68. The normalized spacial score (nSPS) is 15.6. The number of sulfone groups is 1. The second-order valence-corrected chi connectivity index (χ2v) is 12.8. The van der Waals surface area contributed by atoms with Crippen molar-refractivity contribution in [3.8, 4) is 0 Å². The molecule has 0 bridgehead atoms. The Balaban J connectivity index is 0.000000646.